The predicted octanol–water partition coefficient (Wildman–Crippen LogP) is 0.250. The summed E-state index contributed by atoms with van der Waals surface area (Å²) in [6.07, 6.45) is 3.36. The van der Waals surface area contributed by atoms with Gasteiger partial charge < -0.3 is 9.80 Å². The number of aromatic nitrogens is 2. The summed E-state index contributed by atoms with van der Waals surface area (Å²) in [7, 11) is 1.65. The number of quaternary nitrogens is 1. The van der Waals surface area contributed by atoms with Crippen LogP contribution >= 0.6 is 24.0 Å². The van der Waals surface area contributed by atoms with Crippen molar-refractivity contribution in [1.82, 2.24) is 14.3 Å². The van der Waals surface area contributed by atoms with E-state index >= 15 is 0 Å². The van der Waals surface area contributed by atoms with Crippen molar-refractivity contribution >= 4 is 51.7 Å². The van der Waals surface area contributed by atoms with Gasteiger partial charge in [-0.25, -0.2) is 4.98 Å². The lowest BCUT2D eigenvalue weighted by molar-refractivity contribution is -0.898. The maximum Gasteiger partial charge on any atom is 0.267 e. The summed E-state index contributed by atoms with van der Waals surface area (Å²) in [4.78, 5) is 36.1. The maximum atomic E-state index is 13.2. The number of nitrogens with zero attached hydrogens (tertiary/aromatic N) is 4. The van der Waals surface area contributed by atoms with E-state index in [9.17, 15) is 9.59 Å². The molecule has 0 aromatic carbocycles. The lowest BCUT2D eigenvalue weighted by Gasteiger charge is -2.33. The minimum Gasteiger partial charge on any atom is -0.345 e. The molecular weight excluding hydrogens is 394 g/mol. The van der Waals surface area contributed by atoms with Crippen LogP contribution < -0.4 is 15.4 Å². The largest absolute Gasteiger partial charge is 0.345 e. The number of thioether (sulfide) groups is 1. The van der Waals surface area contributed by atoms with Crippen LogP contribution in [0.4, 0.5) is 5.82 Å². The van der Waals surface area contributed by atoms with Gasteiger partial charge in [0.05, 0.1) is 43.2 Å². The minimum absolute atomic E-state index is 0.174. The van der Waals surface area contributed by atoms with E-state index in [1.54, 1.807) is 30.3 Å². The van der Waals surface area contributed by atoms with Crippen LogP contribution in [0.3, 0.4) is 0 Å². The Hall–Kier alpha value is -2.23. The van der Waals surface area contributed by atoms with Crippen LogP contribution in [0.15, 0.2) is 34.1 Å². The molecule has 2 saturated heterocycles. The third-order valence-corrected chi connectivity index (χ3v) is 6.77. The predicted molar refractivity (Wildman–Crippen MR) is 116 cm³/mol. The number of fused-ring (bicyclic) bond motifs is 1. The van der Waals surface area contributed by atoms with E-state index in [0.717, 1.165) is 32.7 Å². The molecule has 0 radical (unpaired) electrons. The van der Waals surface area contributed by atoms with Gasteiger partial charge in [-0.1, -0.05) is 30.0 Å². The summed E-state index contributed by atoms with van der Waals surface area (Å²) in [6.45, 7) is 6.94. The molecule has 28 heavy (non-hydrogen) atoms. The number of pyridine rings is 1. The number of piperazine rings is 1. The van der Waals surface area contributed by atoms with Crippen LogP contribution in [-0.2, 0) is 4.79 Å². The van der Waals surface area contributed by atoms with Gasteiger partial charge in [-0.15, -0.1) is 0 Å². The number of rotatable bonds is 3. The smallest absolute Gasteiger partial charge is 0.267 e. The monoisotopic (exact) mass is 416 g/mol. The van der Waals surface area contributed by atoms with E-state index in [1.807, 2.05) is 12.1 Å². The van der Waals surface area contributed by atoms with E-state index in [-0.39, 0.29) is 11.5 Å². The molecule has 2 fully saturated rings. The summed E-state index contributed by atoms with van der Waals surface area (Å²) in [5, 5.41) is 0. The van der Waals surface area contributed by atoms with Crippen LogP contribution in [0.2, 0.25) is 0 Å². The van der Waals surface area contributed by atoms with E-state index in [0.29, 0.717) is 26.3 Å². The van der Waals surface area contributed by atoms with Gasteiger partial charge in [0, 0.05) is 13.2 Å². The third kappa shape index (κ3) is 3.34. The lowest BCUT2D eigenvalue weighted by atomic mass is 10.2. The zero-order valence-electron chi connectivity index (χ0n) is 15.8. The molecule has 0 saturated carbocycles. The molecule has 0 atom stereocenters. The molecule has 7 nitrogen and oxygen atoms in total. The minimum atomic E-state index is -0.182. The van der Waals surface area contributed by atoms with Crippen molar-refractivity contribution in [1.29, 1.82) is 0 Å². The molecule has 0 spiro atoms. The standard InChI is InChI=1S/C19H21N5O2S2/c1-3-22-8-10-23(11-9-22)16-13(12-14-18(26)21(2)19(27)28-14)17(25)24-7-5-4-6-15(24)20-16/h4-7,12H,3,8-11H2,1-2H3/p+1/b14-12+. The zero-order valence-corrected chi connectivity index (χ0v) is 17.5. The number of carbonyl (C=O) groups excluding carboxylic acids is 1. The Morgan fingerprint density at radius 2 is 2.04 bits per heavy atom. The second-order valence-corrected chi connectivity index (χ2v) is 8.59. The summed E-state index contributed by atoms with van der Waals surface area (Å²) >= 11 is 6.44. The molecule has 0 aliphatic carbocycles. The Morgan fingerprint density at radius 3 is 2.68 bits per heavy atom. The Morgan fingerprint density at radius 1 is 1.29 bits per heavy atom. The van der Waals surface area contributed by atoms with Crippen molar-refractivity contribution < 1.29 is 9.69 Å². The number of anilines is 1. The Bertz CT molecular complexity index is 1040. The van der Waals surface area contributed by atoms with E-state index < -0.39 is 0 Å². The summed E-state index contributed by atoms with van der Waals surface area (Å²) < 4.78 is 2.02. The topological polar surface area (TPSA) is 62.4 Å². The first-order valence-corrected chi connectivity index (χ1v) is 10.5. The molecule has 4 rings (SSSR count). The van der Waals surface area contributed by atoms with Crippen LogP contribution in [0.1, 0.15) is 12.5 Å². The molecule has 1 N–H and O–H groups in total. The van der Waals surface area contributed by atoms with Gasteiger partial charge in [0.2, 0.25) is 0 Å². The van der Waals surface area contributed by atoms with Crippen LogP contribution in [0.5, 0.6) is 0 Å². The van der Waals surface area contributed by atoms with Crippen LogP contribution in [0, 0.1) is 0 Å². The van der Waals surface area contributed by atoms with Crippen molar-refractivity contribution in [3.63, 3.8) is 0 Å². The van der Waals surface area contributed by atoms with Gasteiger partial charge in [0.1, 0.15) is 15.8 Å². The lowest BCUT2D eigenvalue weighted by Crippen LogP contribution is -3.14. The van der Waals surface area contributed by atoms with Gasteiger partial charge in [-0.3, -0.25) is 18.9 Å². The number of nitrogens with one attached hydrogen (secondary N) is 1. The molecule has 4 heterocycles. The van der Waals surface area contributed by atoms with Crippen molar-refractivity contribution in [2.75, 3.05) is 44.7 Å². The number of likely N-dealkylation sites (N-methyl/N-ethyl adjacent to an activating group) is 2. The molecule has 0 unspecified atom stereocenters. The molecule has 146 valence electrons. The van der Waals surface area contributed by atoms with Crippen molar-refractivity contribution in [3.05, 3.63) is 45.2 Å². The van der Waals surface area contributed by atoms with E-state index in [2.05, 4.69) is 11.8 Å². The molecule has 2 aliphatic rings. The highest BCUT2D eigenvalue weighted by molar-refractivity contribution is 8.26. The van der Waals surface area contributed by atoms with Gasteiger partial charge in [0.15, 0.2) is 0 Å². The van der Waals surface area contributed by atoms with Gasteiger partial charge in [0.25, 0.3) is 11.5 Å². The van der Waals surface area contributed by atoms with E-state index in [4.69, 9.17) is 17.2 Å². The van der Waals surface area contributed by atoms with Crippen LogP contribution in [-0.4, -0.2) is 64.3 Å². The van der Waals surface area contributed by atoms with Crippen molar-refractivity contribution in [2.45, 2.75) is 6.92 Å². The summed E-state index contributed by atoms with van der Waals surface area (Å²) in [6, 6.07) is 5.49. The van der Waals surface area contributed by atoms with Gasteiger partial charge in [-0.2, -0.15) is 0 Å². The summed E-state index contributed by atoms with van der Waals surface area (Å²) in [5.41, 5.74) is 0.873. The number of hydrogen-bond donors (Lipinski definition) is 1. The summed E-state index contributed by atoms with van der Waals surface area (Å²) in [5.74, 6) is 0.464. The highest BCUT2D eigenvalue weighted by Crippen LogP contribution is 2.32. The fraction of sp³-hybridized carbons (Fsp3) is 0.368. The number of hydrogen-bond acceptors (Lipinski definition) is 6. The van der Waals surface area contributed by atoms with Gasteiger partial charge in [-0.05, 0) is 25.1 Å². The highest BCUT2D eigenvalue weighted by atomic mass is 32.2. The third-order valence-electron chi connectivity index (χ3n) is 5.28. The fourth-order valence-corrected chi connectivity index (χ4v) is 4.68. The molecule has 2 aromatic rings. The quantitative estimate of drug-likeness (QED) is 0.572. The molecule has 2 aliphatic heterocycles. The average molecular weight is 417 g/mol. The molecular formula is C19H22N5O2S2+. The SMILES string of the molecule is CC[NH+]1CCN(c2nc3ccccn3c(=O)c2/C=C2/SC(=S)N(C)C2=O)CC1. The Kier molecular flexibility index (Phi) is 5.22. The number of amides is 1. The van der Waals surface area contributed by atoms with Crippen molar-refractivity contribution in [3.8, 4) is 0 Å². The second-order valence-electron chi connectivity index (χ2n) is 6.91. The highest BCUT2D eigenvalue weighted by Gasteiger charge is 2.30. The molecule has 9 heteroatoms. The normalized spacial score (nSPS) is 20.0. The Balaban J connectivity index is 1.84. The average Bonchev–Trinajstić information content (AvgIpc) is 2.96. The maximum absolute atomic E-state index is 13.2. The first-order valence-electron chi connectivity index (χ1n) is 9.31. The van der Waals surface area contributed by atoms with Gasteiger partial charge >= 0.3 is 0 Å². The molecule has 0 bridgehead atoms. The zero-order chi connectivity index (χ0) is 19.8. The molecule has 1 amide bonds. The second kappa shape index (κ2) is 7.65. The Labute approximate surface area is 172 Å². The van der Waals surface area contributed by atoms with Crippen molar-refractivity contribution in [2.24, 2.45) is 0 Å². The first kappa shape index (κ1) is 19.1. The number of thiocarbonyl (C=S) groups is 1. The fourth-order valence-electron chi connectivity index (χ4n) is 3.52. The van der Waals surface area contributed by atoms with E-state index in [1.165, 1.54) is 21.1 Å². The van der Waals surface area contributed by atoms with Crippen LogP contribution in [0.25, 0.3) is 11.7 Å². The molecule has 2 aromatic heterocycles. The number of carbonyl (C=O) groups is 1. The first-order chi connectivity index (χ1) is 13.5.